The smallest absolute Gasteiger partial charge is 0.270 e. The lowest BCUT2D eigenvalue weighted by molar-refractivity contribution is -0.120. The van der Waals surface area contributed by atoms with Crippen LogP contribution in [-0.4, -0.2) is 51.7 Å². The first-order valence-corrected chi connectivity index (χ1v) is 8.89. The molecule has 1 aliphatic rings. The molecule has 0 saturated carbocycles. The van der Waals surface area contributed by atoms with Crippen molar-refractivity contribution in [3.63, 3.8) is 0 Å². The molecule has 4 rings (SSSR count). The summed E-state index contributed by atoms with van der Waals surface area (Å²) in [6, 6.07) is 3.26. The van der Waals surface area contributed by atoms with Gasteiger partial charge in [0.05, 0.1) is 12.4 Å². The van der Waals surface area contributed by atoms with Gasteiger partial charge < -0.3 is 10.1 Å². The summed E-state index contributed by atoms with van der Waals surface area (Å²) in [7, 11) is 1.51. The molecule has 11 heteroatoms. The molecule has 3 aromatic rings. The van der Waals surface area contributed by atoms with E-state index < -0.39 is 29.8 Å². The lowest BCUT2D eigenvalue weighted by Gasteiger charge is -2.19. The fourth-order valence-corrected chi connectivity index (χ4v) is 3.08. The number of carbonyl (C=O) groups is 2. The van der Waals surface area contributed by atoms with Crippen molar-refractivity contribution in [2.24, 2.45) is 0 Å². The molecular formula is C19H16F2N6O3. The van der Waals surface area contributed by atoms with Gasteiger partial charge in [-0.3, -0.25) is 24.6 Å². The van der Waals surface area contributed by atoms with Crippen molar-refractivity contribution in [3.05, 3.63) is 65.6 Å². The number of hydrogen-bond donors (Lipinski definition) is 2. The van der Waals surface area contributed by atoms with Crippen LogP contribution in [0.2, 0.25) is 0 Å². The summed E-state index contributed by atoms with van der Waals surface area (Å²) >= 11 is 0. The number of rotatable bonds is 4. The Labute approximate surface area is 169 Å². The number of pyridine rings is 2. The minimum Gasteiger partial charge on any atom is -0.487 e. The van der Waals surface area contributed by atoms with Gasteiger partial charge in [-0.1, -0.05) is 0 Å². The number of nitrogens with one attached hydrogen (secondary N) is 2. The number of fused-ring (bicyclic) bond motifs is 1. The standard InChI is InChI=1S/C19H16F2N6O3/c1-27-17-14(3-2-4-23-17)30-9-13(19(27)29)25-18(28)16-12(8-24-26-16)15(21)10-5-11(20)7-22-6-10/h2-8,13,15H,9H2,1H3,(H,24,26)(H,25,28)/t13-,15-/m0/s1. The van der Waals surface area contributed by atoms with Crippen molar-refractivity contribution < 1.29 is 23.1 Å². The summed E-state index contributed by atoms with van der Waals surface area (Å²) < 4.78 is 33.9. The number of amides is 2. The summed E-state index contributed by atoms with van der Waals surface area (Å²) in [6.45, 7) is -0.135. The number of aromatic nitrogens is 4. The highest BCUT2D eigenvalue weighted by Gasteiger charge is 2.33. The van der Waals surface area contributed by atoms with Crippen molar-refractivity contribution in [1.82, 2.24) is 25.5 Å². The molecule has 0 aliphatic carbocycles. The zero-order valence-electron chi connectivity index (χ0n) is 15.7. The van der Waals surface area contributed by atoms with Gasteiger partial charge in [-0.05, 0) is 18.2 Å². The Morgan fingerprint density at radius 3 is 3.03 bits per heavy atom. The maximum atomic E-state index is 14.9. The van der Waals surface area contributed by atoms with E-state index in [2.05, 4.69) is 25.5 Å². The van der Waals surface area contributed by atoms with Gasteiger partial charge in [-0.2, -0.15) is 5.10 Å². The van der Waals surface area contributed by atoms with E-state index in [0.29, 0.717) is 11.6 Å². The van der Waals surface area contributed by atoms with Crippen LogP contribution >= 0.6 is 0 Å². The first-order chi connectivity index (χ1) is 14.5. The third kappa shape index (κ3) is 3.56. The molecule has 0 saturated heterocycles. The van der Waals surface area contributed by atoms with Crippen molar-refractivity contribution in [2.75, 3.05) is 18.6 Å². The van der Waals surface area contributed by atoms with Crippen LogP contribution < -0.4 is 15.0 Å². The lowest BCUT2D eigenvalue weighted by atomic mass is 10.0. The third-order valence-corrected chi connectivity index (χ3v) is 4.60. The average molecular weight is 414 g/mol. The highest BCUT2D eigenvalue weighted by atomic mass is 19.1. The molecule has 4 heterocycles. The van der Waals surface area contributed by atoms with Gasteiger partial charge >= 0.3 is 0 Å². The second kappa shape index (κ2) is 7.85. The highest BCUT2D eigenvalue weighted by molar-refractivity contribution is 6.02. The number of carbonyl (C=O) groups excluding carboxylic acids is 2. The molecular weight excluding hydrogens is 398 g/mol. The van der Waals surface area contributed by atoms with E-state index in [1.54, 1.807) is 12.1 Å². The summed E-state index contributed by atoms with van der Waals surface area (Å²) in [5.74, 6) is -1.20. The normalized spacial score (nSPS) is 17.0. The van der Waals surface area contributed by atoms with Crippen LogP contribution in [-0.2, 0) is 4.79 Å². The van der Waals surface area contributed by atoms with Crippen LogP contribution in [0.15, 0.2) is 43.0 Å². The van der Waals surface area contributed by atoms with E-state index in [-0.39, 0.29) is 23.4 Å². The Morgan fingerprint density at radius 1 is 1.40 bits per heavy atom. The SMILES string of the molecule is CN1C(=O)[C@@H](NC(=O)c2[nH]ncc2[C@@H](F)c2cncc(F)c2)COc2cccnc21. The van der Waals surface area contributed by atoms with Gasteiger partial charge in [-0.15, -0.1) is 0 Å². The molecule has 9 nitrogen and oxygen atoms in total. The maximum absolute atomic E-state index is 14.9. The molecule has 0 aromatic carbocycles. The van der Waals surface area contributed by atoms with Crippen LogP contribution in [0.5, 0.6) is 5.75 Å². The molecule has 0 spiro atoms. The number of anilines is 1. The van der Waals surface area contributed by atoms with E-state index >= 15 is 0 Å². The Bertz CT molecular complexity index is 1110. The Hall–Kier alpha value is -3.89. The number of alkyl halides is 1. The number of H-pyrrole nitrogens is 1. The second-order valence-corrected chi connectivity index (χ2v) is 6.56. The zero-order valence-corrected chi connectivity index (χ0v) is 15.7. The third-order valence-electron chi connectivity index (χ3n) is 4.60. The largest absolute Gasteiger partial charge is 0.487 e. The monoisotopic (exact) mass is 414 g/mol. The van der Waals surface area contributed by atoms with Crippen LogP contribution in [0.3, 0.4) is 0 Å². The van der Waals surface area contributed by atoms with Gasteiger partial charge in [0.1, 0.15) is 24.2 Å². The molecule has 0 fully saturated rings. The molecule has 1 aliphatic heterocycles. The molecule has 2 amide bonds. The molecule has 30 heavy (non-hydrogen) atoms. The van der Waals surface area contributed by atoms with Crippen molar-refractivity contribution in [3.8, 4) is 5.75 Å². The van der Waals surface area contributed by atoms with Crippen molar-refractivity contribution >= 4 is 17.6 Å². The topological polar surface area (TPSA) is 113 Å². The predicted molar refractivity (Wildman–Crippen MR) is 100 cm³/mol. The highest BCUT2D eigenvalue weighted by Crippen LogP contribution is 2.29. The van der Waals surface area contributed by atoms with Gasteiger partial charge in [-0.25, -0.2) is 13.8 Å². The molecule has 154 valence electrons. The fraction of sp³-hybridized carbons (Fsp3) is 0.211. The summed E-state index contributed by atoms with van der Waals surface area (Å²) in [5.41, 5.74) is -0.372. The number of aromatic amines is 1. The van der Waals surface area contributed by atoms with E-state index in [4.69, 9.17) is 4.74 Å². The first-order valence-electron chi connectivity index (χ1n) is 8.89. The molecule has 0 unspecified atom stereocenters. The van der Waals surface area contributed by atoms with E-state index in [1.807, 2.05) is 0 Å². The van der Waals surface area contributed by atoms with Gasteiger partial charge in [0.25, 0.3) is 11.8 Å². The number of ether oxygens (including phenoxy) is 1. The van der Waals surface area contributed by atoms with Crippen molar-refractivity contribution in [2.45, 2.75) is 12.2 Å². The van der Waals surface area contributed by atoms with Crippen LogP contribution in [0.1, 0.15) is 27.8 Å². The van der Waals surface area contributed by atoms with Gasteiger partial charge in [0.15, 0.2) is 17.7 Å². The average Bonchev–Trinajstić information content (AvgIpc) is 3.21. The Morgan fingerprint density at radius 2 is 2.23 bits per heavy atom. The van der Waals surface area contributed by atoms with Crippen LogP contribution in [0, 0.1) is 5.82 Å². The molecule has 0 bridgehead atoms. The summed E-state index contributed by atoms with van der Waals surface area (Å²) in [5, 5.41) is 8.66. The zero-order chi connectivity index (χ0) is 21.3. The van der Waals surface area contributed by atoms with E-state index in [1.165, 1.54) is 18.1 Å². The van der Waals surface area contributed by atoms with E-state index in [0.717, 1.165) is 24.7 Å². The van der Waals surface area contributed by atoms with Gasteiger partial charge in [0, 0.05) is 30.6 Å². The summed E-state index contributed by atoms with van der Waals surface area (Å²) in [4.78, 5) is 34.5. The first kappa shape index (κ1) is 19.4. The molecule has 0 radical (unpaired) electrons. The minimum atomic E-state index is -1.84. The Kier molecular flexibility index (Phi) is 5.09. The second-order valence-electron chi connectivity index (χ2n) is 6.56. The summed E-state index contributed by atoms with van der Waals surface area (Å²) in [6.07, 6.45) is 2.90. The number of halogens is 2. The lowest BCUT2D eigenvalue weighted by Crippen LogP contribution is -2.49. The molecule has 3 aromatic heterocycles. The van der Waals surface area contributed by atoms with E-state index in [9.17, 15) is 18.4 Å². The predicted octanol–water partition coefficient (Wildman–Crippen LogP) is 1.55. The van der Waals surface area contributed by atoms with Gasteiger partial charge in [0.2, 0.25) is 0 Å². The Balaban J connectivity index is 1.54. The minimum absolute atomic E-state index is 0.0689. The van der Waals surface area contributed by atoms with Crippen molar-refractivity contribution in [1.29, 1.82) is 0 Å². The quantitative estimate of drug-likeness (QED) is 0.670. The number of hydrogen-bond acceptors (Lipinski definition) is 6. The molecule has 2 N–H and O–H groups in total. The number of likely N-dealkylation sites (N-methyl/N-ethyl adjacent to an activating group) is 1. The van der Waals surface area contributed by atoms with Crippen LogP contribution in [0.4, 0.5) is 14.6 Å². The maximum Gasteiger partial charge on any atom is 0.270 e. The fourth-order valence-electron chi connectivity index (χ4n) is 3.08. The number of nitrogens with zero attached hydrogens (tertiary/aromatic N) is 4. The molecule has 2 atom stereocenters. The van der Waals surface area contributed by atoms with Crippen LogP contribution in [0.25, 0.3) is 0 Å².